The number of aromatic nitrogens is 6. The molecule has 0 aliphatic heterocycles. The summed E-state index contributed by atoms with van der Waals surface area (Å²) in [6, 6.07) is 0.231. The summed E-state index contributed by atoms with van der Waals surface area (Å²) in [6.45, 7) is 2.61. The third-order valence-corrected chi connectivity index (χ3v) is 3.69. The van der Waals surface area contributed by atoms with E-state index in [0.717, 1.165) is 12.8 Å². The number of H-pyrrole nitrogens is 1. The minimum atomic E-state index is -0.206. The summed E-state index contributed by atoms with van der Waals surface area (Å²) in [4.78, 5) is 23.9. The van der Waals surface area contributed by atoms with Crippen molar-refractivity contribution in [3.05, 3.63) is 15.8 Å². The van der Waals surface area contributed by atoms with Gasteiger partial charge in [-0.1, -0.05) is 0 Å². The molecule has 0 bridgehead atoms. The van der Waals surface area contributed by atoms with Gasteiger partial charge in [0, 0.05) is 12.6 Å². The van der Waals surface area contributed by atoms with Gasteiger partial charge in [0.25, 0.3) is 0 Å². The summed E-state index contributed by atoms with van der Waals surface area (Å²) < 4.78 is 1.63. The van der Waals surface area contributed by atoms with Crippen molar-refractivity contribution in [3.63, 3.8) is 0 Å². The fraction of sp³-hybridized carbons (Fsp3) is 0.500. The first-order valence-corrected chi connectivity index (χ1v) is 7.37. The number of rotatable bonds is 5. The third kappa shape index (κ3) is 2.78. The normalized spacial score (nSPS) is 14.5. The molecule has 0 radical (unpaired) electrons. The lowest BCUT2D eigenvalue weighted by atomic mass is 10.7. The van der Waals surface area contributed by atoms with E-state index < -0.39 is 0 Å². The standard InChI is InChI=1S/C10H12ClN7OS/c1-2-12-7-13-6(11)14-8(15-7)20-10-17-16-9(19)18(10)5-3-4-5/h5H,2-4H2,1H3,(H,16,19)(H,12,13,14,15). The van der Waals surface area contributed by atoms with Crippen LogP contribution in [0.5, 0.6) is 0 Å². The molecule has 106 valence electrons. The van der Waals surface area contributed by atoms with Gasteiger partial charge < -0.3 is 5.32 Å². The summed E-state index contributed by atoms with van der Waals surface area (Å²) in [5.41, 5.74) is -0.206. The first-order chi connectivity index (χ1) is 9.67. The molecule has 8 nitrogen and oxygen atoms in total. The predicted octanol–water partition coefficient (Wildman–Crippen LogP) is 1.33. The topological polar surface area (TPSA) is 101 Å². The number of nitrogens with zero attached hydrogens (tertiary/aromatic N) is 5. The summed E-state index contributed by atoms with van der Waals surface area (Å²) in [6.07, 6.45) is 1.99. The molecule has 1 aliphatic rings. The molecule has 0 spiro atoms. The van der Waals surface area contributed by atoms with Crippen LogP contribution in [0.2, 0.25) is 5.28 Å². The number of anilines is 1. The zero-order chi connectivity index (χ0) is 14.1. The van der Waals surface area contributed by atoms with Crippen LogP contribution >= 0.6 is 23.4 Å². The molecule has 1 saturated carbocycles. The maximum atomic E-state index is 11.7. The Bertz CT molecular complexity index is 680. The van der Waals surface area contributed by atoms with Gasteiger partial charge in [-0.05, 0) is 43.1 Å². The molecule has 0 amide bonds. The lowest BCUT2D eigenvalue weighted by Gasteiger charge is -2.05. The molecule has 1 aliphatic carbocycles. The zero-order valence-electron chi connectivity index (χ0n) is 10.6. The van der Waals surface area contributed by atoms with Crippen molar-refractivity contribution in [2.45, 2.75) is 36.1 Å². The highest BCUT2D eigenvalue weighted by atomic mass is 35.5. The van der Waals surface area contributed by atoms with Crippen LogP contribution in [0.1, 0.15) is 25.8 Å². The van der Waals surface area contributed by atoms with E-state index in [1.165, 1.54) is 11.8 Å². The molecule has 0 saturated heterocycles. The molecule has 2 heterocycles. The lowest BCUT2D eigenvalue weighted by molar-refractivity contribution is 0.641. The van der Waals surface area contributed by atoms with Crippen molar-refractivity contribution in [2.24, 2.45) is 0 Å². The van der Waals surface area contributed by atoms with Crippen LogP contribution in [0.15, 0.2) is 15.1 Å². The number of hydrogen-bond acceptors (Lipinski definition) is 7. The minimum Gasteiger partial charge on any atom is -0.354 e. The van der Waals surface area contributed by atoms with Crippen LogP contribution < -0.4 is 11.0 Å². The summed E-state index contributed by atoms with van der Waals surface area (Å²) in [5, 5.41) is 10.5. The smallest absolute Gasteiger partial charge is 0.344 e. The molecule has 10 heteroatoms. The highest BCUT2D eigenvalue weighted by Gasteiger charge is 2.29. The predicted molar refractivity (Wildman–Crippen MR) is 74.2 cm³/mol. The first-order valence-electron chi connectivity index (χ1n) is 6.17. The molecule has 3 rings (SSSR count). The van der Waals surface area contributed by atoms with Crippen molar-refractivity contribution in [1.29, 1.82) is 0 Å². The zero-order valence-corrected chi connectivity index (χ0v) is 12.2. The molecule has 2 aromatic heterocycles. The van der Waals surface area contributed by atoms with Crippen LogP contribution in [-0.2, 0) is 0 Å². The highest BCUT2D eigenvalue weighted by molar-refractivity contribution is 7.99. The molecule has 2 aromatic rings. The molecule has 0 unspecified atom stereocenters. The Kier molecular flexibility index (Phi) is 3.62. The second-order valence-electron chi connectivity index (χ2n) is 4.26. The van der Waals surface area contributed by atoms with Gasteiger partial charge >= 0.3 is 5.69 Å². The molecular weight excluding hydrogens is 302 g/mol. The molecule has 0 atom stereocenters. The molecule has 2 N–H and O–H groups in total. The summed E-state index contributed by atoms with van der Waals surface area (Å²) in [7, 11) is 0. The van der Waals surface area contributed by atoms with Gasteiger partial charge in [0.05, 0.1) is 0 Å². The van der Waals surface area contributed by atoms with Crippen molar-refractivity contribution < 1.29 is 0 Å². The fourth-order valence-corrected chi connectivity index (χ4v) is 2.77. The monoisotopic (exact) mass is 313 g/mol. The van der Waals surface area contributed by atoms with Crippen molar-refractivity contribution in [1.82, 2.24) is 29.7 Å². The van der Waals surface area contributed by atoms with Gasteiger partial charge in [-0.25, -0.2) is 9.89 Å². The maximum Gasteiger partial charge on any atom is 0.344 e. The van der Waals surface area contributed by atoms with Crippen LogP contribution in [0, 0.1) is 0 Å². The van der Waals surface area contributed by atoms with Gasteiger partial charge in [0.1, 0.15) is 0 Å². The van der Waals surface area contributed by atoms with E-state index in [0.29, 0.717) is 22.8 Å². The SMILES string of the molecule is CCNc1nc(Cl)nc(Sc2n[nH]c(=O)n2C2CC2)n1. The molecule has 20 heavy (non-hydrogen) atoms. The Labute approximate surface area is 123 Å². The second-order valence-corrected chi connectivity index (χ2v) is 5.53. The Morgan fingerprint density at radius 3 is 2.95 bits per heavy atom. The molecule has 1 fully saturated rings. The summed E-state index contributed by atoms with van der Waals surface area (Å²) in [5.74, 6) is 0.408. The van der Waals surface area contributed by atoms with Crippen molar-refractivity contribution in [3.8, 4) is 0 Å². The van der Waals surface area contributed by atoms with Crippen LogP contribution in [-0.4, -0.2) is 36.3 Å². The number of hydrogen-bond donors (Lipinski definition) is 2. The van der Waals surface area contributed by atoms with E-state index >= 15 is 0 Å². The lowest BCUT2D eigenvalue weighted by Crippen LogP contribution is -2.16. The average molecular weight is 314 g/mol. The van der Waals surface area contributed by atoms with Crippen LogP contribution in [0.25, 0.3) is 0 Å². The number of nitrogens with one attached hydrogen (secondary N) is 2. The Morgan fingerprint density at radius 2 is 2.25 bits per heavy atom. The number of halogens is 1. The summed E-state index contributed by atoms with van der Waals surface area (Å²) >= 11 is 7.05. The van der Waals surface area contributed by atoms with E-state index in [1.54, 1.807) is 4.57 Å². The average Bonchev–Trinajstić information content (AvgIpc) is 3.15. The quantitative estimate of drug-likeness (QED) is 0.858. The van der Waals surface area contributed by atoms with Crippen LogP contribution in [0.3, 0.4) is 0 Å². The first kappa shape index (κ1) is 13.4. The van der Waals surface area contributed by atoms with E-state index in [9.17, 15) is 4.79 Å². The van der Waals surface area contributed by atoms with Gasteiger partial charge in [0.2, 0.25) is 16.4 Å². The minimum absolute atomic E-state index is 0.106. The van der Waals surface area contributed by atoms with Gasteiger partial charge in [-0.2, -0.15) is 15.0 Å². The van der Waals surface area contributed by atoms with Crippen molar-refractivity contribution in [2.75, 3.05) is 11.9 Å². The Balaban J connectivity index is 1.89. The van der Waals surface area contributed by atoms with Gasteiger partial charge in [-0.3, -0.25) is 4.57 Å². The molecule has 0 aromatic carbocycles. The molecular formula is C10H12ClN7OS. The van der Waals surface area contributed by atoms with Gasteiger partial charge in [-0.15, -0.1) is 5.10 Å². The largest absolute Gasteiger partial charge is 0.354 e. The van der Waals surface area contributed by atoms with E-state index in [2.05, 4.69) is 30.5 Å². The Morgan fingerprint density at radius 1 is 1.45 bits per heavy atom. The number of aromatic amines is 1. The van der Waals surface area contributed by atoms with E-state index in [-0.39, 0.29) is 17.0 Å². The van der Waals surface area contributed by atoms with E-state index in [4.69, 9.17) is 11.6 Å². The third-order valence-electron chi connectivity index (χ3n) is 2.69. The fourth-order valence-electron chi connectivity index (χ4n) is 1.71. The highest BCUT2D eigenvalue weighted by Crippen LogP contribution is 2.37. The maximum absolute atomic E-state index is 11.7. The van der Waals surface area contributed by atoms with E-state index in [1.807, 2.05) is 6.92 Å². The second kappa shape index (κ2) is 5.41. The van der Waals surface area contributed by atoms with Crippen molar-refractivity contribution >= 4 is 29.3 Å². The van der Waals surface area contributed by atoms with Gasteiger partial charge in [0.15, 0.2) is 5.16 Å². The van der Waals surface area contributed by atoms with Crippen LogP contribution in [0.4, 0.5) is 5.95 Å². The Hall–Kier alpha value is -1.61.